The molecule has 0 saturated heterocycles. The summed E-state index contributed by atoms with van der Waals surface area (Å²) in [6.07, 6.45) is -0.490. The lowest BCUT2D eigenvalue weighted by atomic mass is 10.2. The number of carbonyl (C=O) groups is 1. The number of nitro groups is 1. The summed E-state index contributed by atoms with van der Waals surface area (Å²) >= 11 is 0. The molecular formula is C10H12N2O7S. The average Bonchev–Trinajstić information content (AvgIpc) is 2.30. The van der Waals surface area contributed by atoms with Gasteiger partial charge >= 0.3 is 5.97 Å². The molecular weight excluding hydrogens is 292 g/mol. The molecule has 0 unspecified atom stereocenters. The quantitative estimate of drug-likeness (QED) is 0.385. The summed E-state index contributed by atoms with van der Waals surface area (Å²) in [7, 11) is -3.99. The van der Waals surface area contributed by atoms with Crippen LogP contribution < -0.4 is 4.72 Å². The predicted molar refractivity (Wildman–Crippen MR) is 69.0 cm³/mol. The number of phenolic OH excluding ortho intramolecular Hbond substituents is 1. The molecule has 0 aliphatic carbocycles. The maximum atomic E-state index is 11.7. The molecule has 0 aromatic heterocycles. The molecule has 1 aromatic carbocycles. The van der Waals surface area contributed by atoms with Crippen LogP contribution in [0.5, 0.6) is 5.75 Å². The Hall–Kier alpha value is -2.36. The molecule has 0 bridgehead atoms. The molecule has 10 heteroatoms. The molecule has 20 heavy (non-hydrogen) atoms. The number of hydrogen-bond acceptors (Lipinski definition) is 6. The zero-order valence-electron chi connectivity index (χ0n) is 10.1. The van der Waals surface area contributed by atoms with E-state index in [1.54, 1.807) is 0 Å². The van der Waals surface area contributed by atoms with Gasteiger partial charge < -0.3 is 10.2 Å². The molecule has 9 nitrogen and oxygen atoms in total. The summed E-state index contributed by atoms with van der Waals surface area (Å²) in [5.41, 5.74) is -1.13. The predicted octanol–water partition coefficient (Wildman–Crippen LogP) is 0.907. The number of sulfonamides is 1. The summed E-state index contributed by atoms with van der Waals surface area (Å²) in [6.45, 7) is 0. The van der Waals surface area contributed by atoms with E-state index in [1.165, 1.54) is 6.07 Å². The highest BCUT2D eigenvalue weighted by Gasteiger charge is 2.22. The fraction of sp³-hybridized carbons (Fsp3) is 0.300. The van der Waals surface area contributed by atoms with E-state index in [1.807, 2.05) is 4.72 Å². The number of carboxylic acid groups (broad SMARTS) is 1. The van der Waals surface area contributed by atoms with Crippen LogP contribution in [0.2, 0.25) is 0 Å². The van der Waals surface area contributed by atoms with Gasteiger partial charge in [-0.1, -0.05) is 6.07 Å². The average molecular weight is 304 g/mol. The number of nitro benzene ring substituents is 1. The Morgan fingerprint density at radius 1 is 1.40 bits per heavy atom. The van der Waals surface area contributed by atoms with Crippen LogP contribution in [0.15, 0.2) is 18.2 Å². The van der Waals surface area contributed by atoms with Crippen molar-refractivity contribution in [2.75, 3.05) is 10.5 Å². The van der Waals surface area contributed by atoms with E-state index in [2.05, 4.69) is 0 Å². The third-order valence-corrected chi connectivity index (χ3v) is 3.62. The van der Waals surface area contributed by atoms with Crippen LogP contribution in [0.25, 0.3) is 0 Å². The summed E-state index contributed by atoms with van der Waals surface area (Å²) in [5.74, 6) is -2.25. The first-order valence-corrected chi connectivity index (χ1v) is 7.07. The molecule has 0 atom stereocenters. The number of aromatic hydroxyl groups is 1. The number of nitrogens with zero attached hydrogens (tertiary/aromatic N) is 1. The Balaban J connectivity index is 2.92. The van der Waals surface area contributed by atoms with E-state index in [0.717, 1.165) is 12.1 Å². The first kappa shape index (κ1) is 15.7. The maximum Gasteiger partial charge on any atom is 0.303 e. The monoisotopic (exact) mass is 304 g/mol. The molecule has 0 saturated carbocycles. The summed E-state index contributed by atoms with van der Waals surface area (Å²) in [5, 5.41) is 28.7. The van der Waals surface area contributed by atoms with Crippen molar-refractivity contribution in [1.29, 1.82) is 0 Å². The summed E-state index contributed by atoms with van der Waals surface area (Å²) in [6, 6.07) is 3.34. The van der Waals surface area contributed by atoms with Gasteiger partial charge in [-0.05, 0) is 12.5 Å². The first-order valence-electron chi connectivity index (χ1n) is 5.41. The van der Waals surface area contributed by atoms with E-state index in [9.17, 15) is 28.4 Å². The topological polar surface area (TPSA) is 147 Å². The van der Waals surface area contributed by atoms with Crippen molar-refractivity contribution >= 4 is 27.4 Å². The van der Waals surface area contributed by atoms with Gasteiger partial charge in [0.2, 0.25) is 10.0 Å². The van der Waals surface area contributed by atoms with Gasteiger partial charge in [0.25, 0.3) is 5.69 Å². The molecule has 3 N–H and O–H groups in total. The van der Waals surface area contributed by atoms with Gasteiger partial charge in [-0.15, -0.1) is 0 Å². The normalized spacial score (nSPS) is 11.0. The van der Waals surface area contributed by atoms with Crippen LogP contribution in [0, 0.1) is 10.1 Å². The van der Waals surface area contributed by atoms with Gasteiger partial charge in [0, 0.05) is 12.5 Å². The highest BCUT2D eigenvalue weighted by atomic mass is 32.2. The Kier molecular flexibility index (Phi) is 4.86. The molecule has 1 rings (SSSR count). The molecule has 0 fully saturated rings. The Morgan fingerprint density at radius 2 is 2.05 bits per heavy atom. The number of phenols is 1. The minimum absolute atomic E-state index is 0.147. The fourth-order valence-electron chi connectivity index (χ4n) is 1.40. The van der Waals surface area contributed by atoms with Gasteiger partial charge in [0.1, 0.15) is 5.75 Å². The molecule has 1 aromatic rings. The number of rotatable bonds is 7. The number of para-hydroxylation sites is 1. The van der Waals surface area contributed by atoms with Crippen molar-refractivity contribution in [2.45, 2.75) is 12.8 Å². The van der Waals surface area contributed by atoms with Crippen molar-refractivity contribution in [1.82, 2.24) is 0 Å². The number of hydrogen-bond donors (Lipinski definition) is 3. The van der Waals surface area contributed by atoms with E-state index >= 15 is 0 Å². The van der Waals surface area contributed by atoms with Gasteiger partial charge in [0.15, 0.2) is 5.69 Å². The van der Waals surface area contributed by atoms with Crippen molar-refractivity contribution in [3.63, 3.8) is 0 Å². The molecule has 110 valence electrons. The molecule has 0 radical (unpaired) electrons. The second-order valence-electron chi connectivity index (χ2n) is 3.85. The van der Waals surface area contributed by atoms with Gasteiger partial charge in [-0.2, -0.15) is 0 Å². The zero-order chi connectivity index (χ0) is 15.3. The van der Waals surface area contributed by atoms with Crippen molar-refractivity contribution in [3.05, 3.63) is 28.3 Å². The highest BCUT2D eigenvalue weighted by Crippen LogP contribution is 2.33. The largest absolute Gasteiger partial charge is 0.505 e. The fourth-order valence-corrected chi connectivity index (χ4v) is 2.55. The molecule has 0 heterocycles. The Morgan fingerprint density at radius 3 is 2.60 bits per heavy atom. The second kappa shape index (κ2) is 6.19. The Labute approximate surface area is 114 Å². The van der Waals surface area contributed by atoms with E-state index in [0.29, 0.717) is 0 Å². The van der Waals surface area contributed by atoms with Crippen LogP contribution in [0.3, 0.4) is 0 Å². The number of anilines is 1. The smallest absolute Gasteiger partial charge is 0.303 e. The molecule has 0 amide bonds. The lowest BCUT2D eigenvalue weighted by molar-refractivity contribution is -0.383. The summed E-state index contributed by atoms with van der Waals surface area (Å²) in [4.78, 5) is 20.2. The second-order valence-corrected chi connectivity index (χ2v) is 5.69. The minimum Gasteiger partial charge on any atom is -0.505 e. The highest BCUT2D eigenvalue weighted by molar-refractivity contribution is 7.92. The van der Waals surface area contributed by atoms with E-state index in [-0.39, 0.29) is 12.8 Å². The van der Waals surface area contributed by atoms with Crippen LogP contribution in [-0.4, -0.2) is 35.3 Å². The van der Waals surface area contributed by atoms with E-state index in [4.69, 9.17) is 5.11 Å². The molecule has 0 aliphatic rings. The van der Waals surface area contributed by atoms with Crippen molar-refractivity contribution < 1.29 is 28.3 Å². The van der Waals surface area contributed by atoms with Crippen LogP contribution in [-0.2, 0) is 14.8 Å². The van der Waals surface area contributed by atoms with Gasteiger partial charge in [-0.25, -0.2) is 8.42 Å². The van der Waals surface area contributed by atoms with Crippen LogP contribution in [0.4, 0.5) is 11.4 Å². The number of aliphatic carboxylic acids is 1. The van der Waals surface area contributed by atoms with Crippen molar-refractivity contribution in [3.8, 4) is 5.75 Å². The van der Waals surface area contributed by atoms with E-state index < -0.39 is 43.8 Å². The number of nitrogens with one attached hydrogen (secondary N) is 1. The number of carboxylic acids is 1. The number of benzene rings is 1. The van der Waals surface area contributed by atoms with Crippen molar-refractivity contribution in [2.24, 2.45) is 0 Å². The third kappa shape index (κ3) is 4.39. The van der Waals surface area contributed by atoms with Crippen LogP contribution >= 0.6 is 0 Å². The lowest BCUT2D eigenvalue weighted by Crippen LogP contribution is -2.18. The van der Waals surface area contributed by atoms with Gasteiger partial charge in [0.05, 0.1) is 10.7 Å². The standard InChI is InChI=1S/C10H12N2O7S/c13-8-4-1-3-7(12(16)17)10(8)11-20(18,19)6-2-5-9(14)15/h1,3-4,11,13H,2,5-6H2,(H,14,15). The zero-order valence-corrected chi connectivity index (χ0v) is 11.0. The molecule has 0 aliphatic heterocycles. The minimum atomic E-state index is -3.99. The lowest BCUT2D eigenvalue weighted by Gasteiger charge is -2.09. The van der Waals surface area contributed by atoms with Gasteiger partial charge in [-0.3, -0.25) is 19.6 Å². The summed E-state index contributed by atoms with van der Waals surface area (Å²) < 4.78 is 25.2. The maximum absolute atomic E-state index is 11.7. The van der Waals surface area contributed by atoms with Crippen LogP contribution in [0.1, 0.15) is 12.8 Å². The molecule has 0 spiro atoms. The Bertz CT molecular complexity index is 626. The SMILES string of the molecule is O=C(O)CCCS(=O)(=O)Nc1c(O)cccc1[N+](=O)[O-]. The third-order valence-electron chi connectivity index (χ3n) is 2.28. The first-order chi connectivity index (χ1) is 9.23.